The molecule has 1 fully saturated rings. The molecule has 0 radical (unpaired) electrons. The van der Waals surface area contributed by atoms with Gasteiger partial charge in [-0.25, -0.2) is 0 Å². The lowest BCUT2D eigenvalue weighted by atomic mass is 10.0. The topological polar surface area (TPSA) is 47.3 Å². The molecule has 4 nitrogen and oxygen atoms in total. The third kappa shape index (κ3) is 3.21. The number of nitrogens with zero attached hydrogens (tertiary/aromatic N) is 3. The Morgan fingerprint density at radius 1 is 1.44 bits per heavy atom. The van der Waals surface area contributed by atoms with Crippen molar-refractivity contribution in [3.8, 4) is 6.07 Å². The van der Waals surface area contributed by atoms with Crippen molar-refractivity contribution in [3.63, 3.8) is 0 Å². The molecule has 0 aromatic heterocycles. The molecule has 1 aliphatic rings. The molecule has 1 rings (SSSR count). The number of likely N-dealkylation sites (N-methyl/N-ethyl adjacent to an activating group) is 1. The van der Waals surface area contributed by atoms with Gasteiger partial charge in [-0.3, -0.25) is 9.69 Å². The Hall–Kier alpha value is -1.08. The fourth-order valence-corrected chi connectivity index (χ4v) is 2.18. The van der Waals surface area contributed by atoms with Crippen molar-refractivity contribution in [2.75, 3.05) is 26.2 Å². The van der Waals surface area contributed by atoms with Crippen LogP contribution in [0.2, 0.25) is 0 Å². The van der Waals surface area contributed by atoms with Crippen LogP contribution in [0, 0.1) is 11.3 Å². The van der Waals surface area contributed by atoms with Crippen molar-refractivity contribution in [2.24, 2.45) is 0 Å². The van der Waals surface area contributed by atoms with Crippen molar-refractivity contribution in [3.05, 3.63) is 0 Å². The van der Waals surface area contributed by atoms with Gasteiger partial charge in [0, 0.05) is 13.1 Å². The smallest absolute Gasteiger partial charge is 0.236 e. The molecule has 90 valence electrons. The Kier molecular flexibility index (Phi) is 5.27. The van der Waals surface area contributed by atoms with E-state index in [0.717, 1.165) is 38.9 Å². The van der Waals surface area contributed by atoms with Gasteiger partial charge in [-0.2, -0.15) is 5.26 Å². The van der Waals surface area contributed by atoms with Crippen molar-refractivity contribution in [2.45, 2.75) is 39.2 Å². The Bertz CT molecular complexity index is 268. The van der Waals surface area contributed by atoms with Gasteiger partial charge in [0.2, 0.25) is 5.91 Å². The van der Waals surface area contributed by atoms with Crippen LogP contribution in [0.25, 0.3) is 0 Å². The summed E-state index contributed by atoms with van der Waals surface area (Å²) in [6, 6.07) is 2.23. The van der Waals surface area contributed by atoms with Gasteiger partial charge in [0.1, 0.15) is 0 Å². The zero-order valence-corrected chi connectivity index (χ0v) is 10.3. The second-order valence-electron chi connectivity index (χ2n) is 4.18. The van der Waals surface area contributed by atoms with E-state index >= 15 is 0 Å². The molecule has 1 heterocycles. The Balaban J connectivity index is 2.51. The fourth-order valence-electron chi connectivity index (χ4n) is 2.18. The van der Waals surface area contributed by atoms with Gasteiger partial charge in [0.25, 0.3) is 0 Å². The van der Waals surface area contributed by atoms with E-state index in [1.54, 1.807) is 0 Å². The lowest BCUT2D eigenvalue weighted by Gasteiger charge is -2.32. The summed E-state index contributed by atoms with van der Waals surface area (Å²) < 4.78 is 0. The van der Waals surface area contributed by atoms with Crippen LogP contribution in [0.5, 0.6) is 0 Å². The maximum atomic E-state index is 11.9. The standard InChI is InChI=1S/C12H21N3O/c1-3-14(4-2)12(16)10-15-8-6-5-7-11(15)9-13/h11H,3-8,10H2,1-2H3. The molecule has 1 saturated heterocycles. The fraction of sp³-hybridized carbons (Fsp3) is 0.833. The molecule has 0 saturated carbocycles. The molecule has 1 amide bonds. The number of likely N-dealkylation sites (tertiary alicyclic amines) is 1. The lowest BCUT2D eigenvalue weighted by Crippen LogP contribution is -2.46. The summed E-state index contributed by atoms with van der Waals surface area (Å²) in [5, 5.41) is 9.01. The van der Waals surface area contributed by atoms with Crippen LogP contribution in [0.1, 0.15) is 33.1 Å². The first kappa shape index (κ1) is 13.0. The van der Waals surface area contributed by atoms with E-state index in [4.69, 9.17) is 5.26 Å². The van der Waals surface area contributed by atoms with Crippen molar-refractivity contribution in [1.82, 2.24) is 9.80 Å². The van der Waals surface area contributed by atoms with Gasteiger partial charge in [-0.05, 0) is 39.7 Å². The third-order valence-corrected chi connectivity index (χ3v) is 3.22. The van der Waals surface area contributed by atoms with Crippen LogP contribution in [-0.2, 0) is 4.79 Å². The van der Waals surface area contributed by atoms with Gasteiger partial charge in [-0.15, -0.1) is 0 Å². The van der Waals surface area contributed by atoms with Crippen molar-refractivity contribution < 1.29 is 4.79 Å². The molecule has 4 heteroatoms. The summed E-state index contributed by atoms with van der Waals surface area (Å²) in [6.45, 7) is 6.75. The minimum absolute atomic E-state index is 0.0618. The highest BCUT2D eigenvalue weighted by molar-refractivity contribution is 5.78. The average Bonchev–Trinajstić information content (AvgIpc) is 2.31. The molecule has 0 aromatic rings. The maximum absolute atomic E-state index is 11.9. The summed E-state index contributed by atoms with van der Waals surface area (Å²) in [7, 11) is 0. The van der Waals surface area contributed by atoms with Crippen LogP contribution in [0.15, 0.2) is 0 Å². The highest BCUT2D eigenvalue weighted by Gasteiger charge is 2.25. The van der Waals surface area contributed by atoms with E-state index in [9.17, 15) is 4.79 Å². The van der Waals surface area contributed by atoms with Gasteiger partial charge in [0.05, 0.1) is 18.7 Å². The first-order valence-electron chi connectivity index (χ1n) is 6.14. The largest absolute Gasteiger partial charge is 0.342 e. The van der Waals surface area contributed by atoms with Gasteiger partial charge in [-0.1, -0.05) is 0 Å². The SMILES string of the molecule is CCN(CC)C(=O)CN1CCCCC1C#N. The Morgan fingerprint density at radius 3 is 2.69 bits per heavy atom. The monoisotopic (exact) mass is 223 g/mol. The lowest BCUT2D eigenvalue weighted by molar-refractivity contribution is -0.132. The number of rotatable bonds is 4. The summed E-state index contributed by atoms with van der Waals surface area (Å²) in [4.78, 5) is 15.8. The minimum atomic E-state index is -0.0618. The first-order chi connectivity index (χ1) is 7.72. The normalized spacial score (nSPS) is 21.4. The first-order valence-corrected chi connectivity index (χ1v) is 6.14. The zero-order valence-electron chi connectivity index (χ0n) is 10.3. The Morgan fingerprint density at radius 2 is 2.12 bits per heavy atom. The predicted molar refractivity (Wildman–Crippen MR) is 62.8 cm³/mol. The Labute approximate surface area is 97.8 Å². The summed E-state index contributed by atoms with van der Waals surface area (Å²) in [5.74, 6) is 0.146. The molecule has 0 N–H and O–H groups in total. The summed E-state index contributed by atoms with van der Waals surface area (Å²) in [5.41, 5.74) is 0. The van der Waals surface area contributed by atoms with Crippen LogP contribution in [-0.4, -0.2) is 47.9 Å². The van der Waals surface area contributed by atoms with Gasteiger partial charge < -0.3 is 4.90 Å². The second-order valence-corrected chi connectivity index (χ2v) is 4.18. The molecule has 0 bridgehead atoms. The third-order valence-electron chi connectivity index (χ3n) is 3.22. The number of nitriles is 1. The number of piperidine rings is 1. The molecular weight excluding hydrogens is 202 g/mol. The van der Waals surface area contributed by atoms with Crippen LogP contribution in [0.3, 0.4) is 0 Å². The van der Waals surface area contributed by atoms with E-state index in [0.29, 0.717) is 6.54 Å². The van der Waals surface area contributed by atoms with E-state index < -0.39 is 0 Å². The van der Waals surface area contributed by atoms with Crippen LogP contribution in [0.4, 0.5) is 0 Å². The molecular formula is C12H21N3O. The highest BCUT2D eigenvalue weighted by atomic mass is 16.2. The second kappa shape index (κ2) is 6.49. The molecule has 1 aliphatic heterocycles. The average molecular weight is 223 g/mol. The number of carbonyl (C=O) groups is 1. The van der Waals surface area contributed by atoms with Crippen molar-refractivity contribution in [1.29, 1.82) is 5.26 Å². The molecule has 0 aliphatic carbocycles. The zero-order chi connectivity index (χ0) is 12.0. The number of amides is 1. The number of hydrogen-bond donors (Lipinski definition) is 0. The molecule has 1 atom stereocenters. The number of carbonyl (C=O) groups excluding carboxylic acids is 1. The molecule has 16 heavy (non-hydrogen) atoms. The van der Waals surface area contributed by atoms with E-state index in [1.807, 2.05) is 23.6 Å². The van der Waals surface area contributed by atoms with E-state index in [2.05, 4.69) is 6.07 Å². The minimum Gasteiger partial charge on any atom is -0.342 e. The van der Waals surface area contributed by atoms with Crippen molar-refractivity contribution >= 4 is 5.91 Å². The molecule has 0 spiro atoms. The molecule has 0 aromatic carbocycles. The summed E-state index contributed by atoms with van der Waals surface area (Å²) in [6.07, 6.45) is 3.11. The predicted octanol–water partition coefficient (Wildman–Crippen LogP) is 1.23. The van der Waals surface area contributed by atoms with Crippen LogP contribution < -0.4 is 0 Å². The van der Waals surface area contributed by atoms with Gasteiger partial charge in [0.15, 0.2) is 0 Å². The van der Waals surface area contributed by atoms with E-state index in [1.165, 1.54) is 0 Å². The highest BCUT2D eigenvalue weighted by Crippen LogP contribution is 2.16. The molecule has 1 unspecified atom stereocenters. The van der Waals surface area contributed by atoms with Crippen LogP contribution >= 0.6 is 0 Å². The van der Waals surface area contributed by atoms with E-state index in [-0.39, 0.29) is 11.9 Å². The number of hydrogen-bond acceptors (Lipinski definition) is 3. The van der Waals surface area contributed by atoms with Gasteiger partial charge >= 0.3 is 0 Å². The summed E-state index contributed by atoms with van der Waals surface area (Å²) >= 11 is 0. The maximum Gasteiger partial charge on any atom is 0.236 e. The quantitative estimate of drug-likeness (QED) is 0.720.